The van der Waals surface area contributed by atoms with Crippen LogP contribution in [0, 0.1) is 10.1 Å². The van der Waals surface area contributed by atoms with E-state index in [4.69, 9.17) is 0 Å². The lowest BCUT2D eigenvalue weighted by Gasteiger charge is -2.28. The number of hydrogen-bond donors (Lipinski definition) is 1. The van der Waals surface area contributed by atoms with Crippen LogP contribution in [0.15, 0.2) is 5.29 Å². The van der Waals surface area contributed by atoms with Crippen LogP contribution in [0.2, 0.25) is 0 Å². The van der Waals surface area contributed by atoms with E-state index in [0.717, 1.165) is 5.01 Å². The first-order valence-corrected chi connectivity index (χ1v) is 2.53. The third kappa shape index (κ3) is 2.96. The van der Waals surface area contributed by atoms with Crippen molar-refractivity contribution in [2.45, 2.75) is 0 Å². The fraction of sp³-hybridized carbons (Fsp3) is 1.00. The lowest BCUT2D eigenvalue weighted by Crippen LogP contribution is -2.55. The molecule has 0 bridgehead atoms. The van der Waals surface area contributed by atoms with Crippen molar-refractivity contribution in [3.8, 4) is 0 Å². The lowest BCUT2D eigenvalue weighted by molar-refractivity contribution is -0.371. The molecule has 0 aliphatic carbocycles. The summed E-state index contributed by atoms with van der Waals surface area (Å²) in [7, 11) is 1.47. The van der Waals surface area contributed by atoms with Gasteiger partial charge in [-0.05, 0) is 0 Å². The quantitative estimate of drug-likeness (QED) is 0.376. The van der Waals surface area contributed by atoms with Crippen molar-refractivity contribution in [1.82, 2.24) is 10.3 Å². The minimum Gasteiger partial charge on any atom is -0.724 e. The Kier molecular flexibility index (Phi) is 3.85. The highest BCUT2D eigenvalue weighted by atomic mass is 16.6. The van der Waals surface area contributed by atoms with Crippen molar-refractivity contribution in [3.63, 3.8) is 0 Å². The third-order valence-electron chi connectivity index (χ3n) is 0.844. The number of quaternary nitrogens is 1. The van der Waals surface area contributed by atoms with Crippen LogP contribution in [0.5, 0.6) is 0 Å². The van der Waals surface area contributed by atoms with E-state index in [1.54, 1.807) is 0 Å². The maximum atomic E-state index is 10.2. The predicted octanol–water partition coefficient (Wildman–Crippen LogP) is -1.44. The first-order valence-electron chi connectivity index (χ1n) is 2.53. The van der Waals surface area contributed by atoms with Crippen molar-refractivity contribution in [2.75, 3.05) is 20.1 Å². The maximum Gasteiger partial charge on any atom is 0.0888 e. The Morgan fingerprint density at radius 1 is 1.78 bits per heavy atom. The van der Waals surface area contributed by atoms with Gasteiger partial charge >= 0.3 is 0 Å². The number of likely N-dealkylation sites (N-methyl/N-ethyl adjacent to an activating group) is 1. The monoisotopic (exact) mass is 134 g/mol. The molecule has 0 fully saturated rings. The molecule has 0 saturated heterocycles. The van der Waals surface area contributed by atoms with Crippen molar-refractivity contribution >= 4 is 0 Å². The molecule has 0 unspecified atom stereocenters. The molecule has 9 heavy (non-hydrogen) atoms. The number of hydrazine groups is 1. The summed E-state index contributed by atoms with van der Waals surface area (Å²) in [5, 5.41) is 13.5. The minimum atomic E-state index is -0.00875. The third-order valence-corrected chi connectivity index (χ3v) is 0.844. The molecule has 54 valence electrons. The summed E-state index contributed by atoms with van der Waals surface area (Å²) in [6, 6.07) is 0. The van der Waals surface area contributed by atoms with Crippen molar-refractivity contribution in [2.24, 2.45) is 5.29 Å². The van der Waals surface area contributed by atoms with Gasteiger partial charge in [0.2, 0.25) is 0 Å². The molecule has 0 rings (SSSR count). The van der Waals surface area contributed by atoms with Gasteiger partial charge in [0.05, 0.1) is 18.4 Å². The average Bonchev–Trinajstić information content (AvgIpc) is 1.87. The molecule has 0 atom stereocenters. The highest BCUT2D eigenvalue weighted by molar-refractivity contribution is 4.44. The fourth-order valence-corrected chi connectivity index (χ4v) is 0.377. The van der Waals surface area contributed by atoms with Crippen LogP contribution in [0.1, 0.15) is 0 Å². The Labute approximate surface area is 52.7 Å². The van der Waals surface area contributed by atoms with Gasteiger partial charge in [-0.3, -0.25) is 5.28 Å². The van der Waals surface area contributed by atoms with E-state index in [2.05, 4.69) is 11.0 Å². The number of hydrogen-bond acceptors (Lipinski definition) is 4. The molecule has 6 heteroatoms. The molecule has 0 radical (unpaired) electrons. The molecule has 3 N–H and O–H groups in total. The van der Waals surface area contributed by atoms with Crippen LogP contribution >= 0.6 is 0 Å². The summed E-state index contributed by atoms with van der Waals surface area (Å²) in [6.07, 6.45) is 0. The van der Waals surface area contributed by atoms with Gasteiger partial charge in [-0.15, -0.1) is 4.91 Å². The Morgan fingerprint density at radius 3 is 2.67 bits per heavy atom. The number of nitrogens with zero attached hydrogens (tertiary/aromatic N) is 3. The molecule has 6 nitrogen and oxygen atoms in total. The highest BCUT2D eigenvalue weighted by Gasteiger charge is 1.96. The van der Waals surface area contributed by atoms with Crippen molar-refractivity contribution in [3.05, 3.63) is 10.1 Å². The molecule has 0 aliphatic rings. The average molecular weight is 134 g/mol. The summed E-state index contributed by atoms with van der Waals surface area (Å²) in [4.78, 5) is 9.52. The van der Waals surface area contributed by atoms with Crippen LogP contribution in [-0.4, -0.2) is 30.4 Å². The number of nitroso groups, excluding NO2 is 1. The molecule has 0 heterocycles. The van der Waals surface area contributed by atoms with Gasteiger partial charge in [0.15, 0.2) is 0 Å². The van der Waals surface area contributed by atoms with Gasteiger partial charge in [0.25, 0.3) is 0 Å². The molecule has 0 aromatic rings. The fourth-order valence-electron chi connectivity index (χ4n) is 0.377. The topological polar surface area (TPSA) is 86.6 Å². The smallest absolute Gasteiger partial charge is 0.0888 e. The van der Waals surface area contributed by atoms with E-state index < -0.39 is 0 Å². The van der Waals surface area contributed by atoms with E-state index in [9.17, 15) is 10.1 Å². The SMILES string of the molecule is CN(CC[NH3+])N([O-])N=O. The summed E-state index contributed by atoms with van der Waals surface area (Å²) in [6.45, 7) is 1.01. The Balaban J connectivity index is 3.44. The minimum absolute atomic E-state index is 0.00875. The van der Waals surface area contributed by atoms with Crippen LogP contribution in [0.25, 0.3) is 0 Å². The van der Waals surface area contributed by atoms with Crippen LogP contribution in [0.4, 0.5) is 0 Å². The maximum absolute atomic E-state index is 10.2. The van der Waals surface area contributed by atoms with Gasteiger partial charge in [-0.25, -0.2) is 5.01 Å². The van der Waals surface area contributed by atoms with Gasteiger partial charge in [-0.2, -0.15) is 0 Å². The van der Waals surface area contributed by atoms with Gasteiger partial charge < -0.3 is 10.9 Å². The first-order chi connectivity index (χ1) is 4.22. The zero-order chi connectivity index (χ0) is 7.28. The van der Waals surface area contributed by atoms with Gasteiger partial charge in [0, 0.05) is 7.05 Å². The highest BCUT2D eigenvalue weighted by Crippen LogP contribution is 1.88. The largest absolute Gasteiger partial charge is 0.724 e. The van der Waals surface area contributed by atoms with E-state index in [-0.39, 0.29) is 5.28 Å². The van der Waals surface area contributed by atoms with Crippen LogP contribution in [0.3, 0.4) is 0 Å². The molecule has 0 aliphatic heterocycles. The summed E-state index contributed by atoms with van der Waals surface area (Å²) in [5.41, 5.74) is 3.49. The molecular formula is C3H10N4O2. The van der Waals surface area contributed by atoms with Crippen LogP contribution < -0.4 is 5.73 Å². The second kappa shape index (κ2) is 4.19. The standard InChI is InChI=1S/C3H9N4O2/c1-6(3-2-4)7(9)5-8/h2-4H2,1H3/q-1/p+1. The molecule has 0 aromatic heterocycles. The first kappa shape index (κ1) is 8.28. The molecule has 0 spiro atoms. The second-order valence-electron chi connectivity index (χ2n) is 1.57. The van der Waals surface area contributed by atoms with Gasteiger partial charge in [0.1, 0.15) is 0 Å². The zero-order valence-electron chi connectivity index (χ0n) is 5.28. The summed E-state index contributed by atoms with van der Waals surface area (Å²) in [5.74, 6) is 0. The number of rotatable bonds is 4. The van der Waals surface area contributed by atoms with Crippen molar-refractivity contribution < 1.29 is 5.73 Å². The molecule has 0 aromatic carbocycles. The van der Waals surface area contributed by atoms with E-state index in [0.29, 0.717) is 13.1 Å². The van der Waals surface area contributed by atoms with E-state index in [1.165, 1.54) is 7.05 Å². The Bertz CT molecular complexity index is 87.9. The Hall–Kier alpha value is -0.720. The normalized spacial score (nSPS) is 9.78. The van der Waals surface area contributed by atoms with Gasteiger partial charge in [-0.1, -0.05) is 0 Å². The van der Waals surface area contributed by atoms with E-state index >= 15 is 0 Å². The summed E-state index contributed by atoms with van der Waals surface area (Å²) >= 11 is 0. The predicted molar refractivity (Wildman–Crippen MR) is 31.4 cm³/mol. The van der Waals surface area contributed by atoms with Crippen molar-refractivity contribution in [1.29, 1.82) is 0 Å². The van der Waals surface area contributed by atoms with Crippen LogP contribution in [-0.2, 0) is 0 Å². The molecule has 0 amide bonds. The zero-order valence-corrected chi connectivity index (χ0v) is 5.28. The molecular weight excluding hydrogens is 124 g/mol. The van der Waals surface area contributed by atoms with E-state index in [1.807, 2.05) is 0 Å². The summed E-state index contributed by atoms with van der Waals surface area (Å²) < 4.78 is 0. The second-order valence-corrected chi connectivity index (χ2v) is 1.57. The Morgan fingerprint density at radius 2 is 2.33 bits per heavy atom. The molecule has 0 saturated carbocycles. The lowest BCUT2D eigenvalue weighted by atomic mass is 10.6.